The van der Waals surface area contributed by atoms with E-state index in [9.17, 15) is 0 Å². The first-order valence-corrected chi connectivity index (χ1v) is 8.46. The standard InChI is InChI=1S/C16H18Cl3N3/c1-2-3-4-5-10-22(15-8-9-20-16(19)21-15)14-11-12(17)6-7-13(14)18/h6-9,11H,2-5,10H2,1H3. The summed E-state index contributed by atoms with van der Waals surface area (Å²) in [5, 5.41) is 1.49. The molecule has 0 saturated heterocycles. The number of halogens is 3. The highest BCUT2D eigenvalue weighted by Crippen LogP contribution is 2.33. The fourth-order valence-corrected chi connectivity index (χ4v) is 2.75. The maximum Gasteiger partial charge on any atom is 0.224 e. The van der Waals surface area contributed by atoms with Crippen molar-refractivity contribution in [2.45, 2.75) is 32.6 Å². The quantitative estimate of drug-likeness (QED) is 0.438. The SMILES string of the molecule is CCCCCCN(c1ccnc(Cl)n1)c1cc(Cl)ccc1Cl. The van der Waals surface area contributed by atoms with E-state index in [1.807, 2.05) is 17.0 Å². The molecule has 0 aliphatic heterocycles. The minimum absolute atomic E-state index is 0.217. The van der Waals surface area contributed by atoms with Crippen molar-refractivity contribution < 1.29 is 0 Å². The lowest BCUT2D eigenvalue weighted by Crippen LogP contribution is -2.20. The first-order valence-electron chi connectivity index (χ1n) is 7.33. The summed E-state index contributed by atoms with van der Waals surface area (Å²) in [7, 11) is 0. The highest BCUT2D eigenvalue weighted by molar-refractivity contribution is 6.35. The van der Waals surface area contributed by atoms with Crippen molar-refractivity contribution in [3.8, 4) is 0 Å². The normalized spacial score (nSPS) is 10.7. The van der Waals surface area contributed by atoms with E-state index in [2.05, 4.69) is 16.9 Å². The zero-order valence-electron chi connectivity index (χ0n) is 12.4. The van der Waals surface area contributed by atoms with E-state index < -0.39 is 0 Å². The lowest BCUT2D eigenvalue weighted by atomic mass is 10.2. The van der Waals surface area contributed by atoms with Gasteiger partial charge < -0.3 is 4.90 Å². The van der Waals surface area contributed by atoms with Crippen LogP contribution in [0.5, 0.6) is 0 Å². The van der Waals surface area contributed by atoms with E-state index in [1.54, 1.807) is 18.3 Å². The fraction of sp³-hybridized carbons (Fsp3) is 0.375. The Morgan fingerprint density at radius 1 is 1.05 bits per heavy atom. The van der Waals surface area contributed by atoms with Gasteiger partial charge in [0.15, 0.2) is 0 Å². The Kier molecular flexibility index (Phi) is 6.74. The van der Waals surface area contributed by atoms with Crippen molar-refractivity contribution in [2.24, 2.45) is 0 Å². The summed E-state index contributed by atoms with van der Waals surface area (Å²) in [4.78, 5) is 10.3. The van der Waals surface area contributed by atoms with Gasteiger partial charge in [-0.25, -0.2) is 9.97 Å². The van der Waals surface area contributed by atoms with Gasteiger partial charge in [0.2, 0.25) is 5.28 Å². The van der Waals surface area contributed by atoms with Gasteiger partial charge in [0.05, 0.1) is 10.7 Å². The predicted molar refractivity (Wildman–Crippen MR) is 94.7 cm³/mol. The number of hydrogen-bond acceptors (Lipinski definition) is 3. The third-order valence-electron chi connectivity index (χ3n) is 3.32. The van der Waals surface area contributed by atoms with Crippen LogP contribution in [0.3, 0.4) is 0 Å². The van der Waals surface area contributed by atoms with Gasteiger partial charge in [0.25, 0.3) is 0 Å². The molecule has 0 fully saturated rings. The molecule has 0 aliphatic rings. The van der Waals surface area contributed by atoms with Crippen LogP contribution >= 0.6 is 34.8 Å². The molecule has 1 aromatic heterocycles. The van der Waals surface area contributed by atoms with Gasteiger partial charge >= 0.3 is 0 Å². The Hall–Kier alpha value is -1.03. The molecule has 0 atom stereocenters. The minimum atomic E-state index is 0.217. The molecule has 1 aromatic carbocycles. The zero-order chi connectivity index (χ0) is 15.9. The van der Waals surface area contributed by atoms with Crippen LogP contribution < -0.4 is 4.90 Å². The first kappa shape index (κ1) is 17.3. The van der Waals surface area contributed by atoms with Crippen LogP contribution in [0.25, 0.3) is 0 Å². The van der Waals surface area contributed by atoms with Crippen molar-refractivity contribution >= 4 is 46.3 Å². The van der Waals surface area contributed by atoms with Crippen molar-refractivity contribution in [1.29, 1.82) is 0 Å². The molecular weight excluding hydrogens is 341 g/mol. The molecule has 0 amide bonds. The molecule has 0 bridgehead atoms. The van der Waals surface area contributed by atoms with Crippen molar-refractivity contribution in [3.05, 3.63) is 45.8 Å². The molecule has 22 heavy (non-hydrogen) atoms. The maximum atomic E-state index is 6.34. The summed E-state index contributed by atoms with van der Waals surface area (Å²) >= 11 is 18.4. The van der Waals surface area contributed by atoms with Crippen LogP contribution in [0.1, 0.15) is 32.6 Å². The lowest BCUT2D eigenvalue weighted by Gasteiger charge is -2.25. The van der Waals surface area contributed by atoms with E-state index in [0.717, 1.165) is 30.9 Å². The number of hydrogen-bond donors (Lipinski definition) is 0. The highest BCUT2D eigenvalue weighted by Gasteiger charge is 2.15. The van der Waals surface area contributed by atoms with Gasteiger partial charge in [-0.3, -0.25) is 0 Å². The van der Waals surface area contributed by atoms with Crippen LogP contribution in [-0.2, 0) is 0 Å². The summed E-state index contributed by atoms with van der Waals surface area (Å²) in [6.45, 7) is 2.99. The van der Waals surface area contributed by atoms with Crippen LogP contribution in [0, 0.1) is 0 Å². The van der Waals surface area contributed by atoms with Crippen LogP contribution in [0.2, 0.25) is 15.3 Å². The zero-order valence-corrected chi connectivity index (χ0v) is 14.7. The number of aromatic nitrogens is 2. The van der Waals surface area contributed by atoms with E-state index in [1.165, 1.54) is 12.8 Å². The number of benzene rings is 1. The number of unbranched alkanes of at least 4 members (excludes halogenated alkanes) is 3. The maximum absolute atomic E-state index is 6.34. The Balaban J connectivity index is 2.30. The van der Waals surface area contributed by atoms with E-state index >= 15 is 0 Å². The molecular formula is C16H18Cl3N3. The second-order valence-corrected chi connectivity index (χ2v) is 6.17. The van der Waals surface area contributed by atoms with Gasteiger partial charge in [-0.15, -0.1) is 0 Å². The van der Waals surface area contributed by atoms with Gasteiger partial charge in [0.1, 0.15) is 5.82 Å². The lowest BCUT2D eigenvalue weighted by molar-refractivity contribution is 0.666. The van der Waals surface area contributed by atoms with Crippen molar-refractivity contribution in [3.63, 3.8) is 0 Å². The molecule has 1 heterocycles. The smallest absolute Gasteiger partial charge is 0.224 e. The number of nitrogens with zero attached hydrogens (tertiary/aromatic N) is 3. The Morgan fingerprint density at radius 3 is 2.59 bits per heavy atom. The first-order chi connectivity index (χ1) is 10.6. The predicted octanol–water partition coefficient (Wildman–Crippen LogP) is 6.16. The second-order valence-electron chi connectivity index (χ2n) is 4.99. The summed E-state index contributed by atoms with van der Waals surface area (Å²) in [6.07, 6.45) is 6.24. The molecule has 0 aliphatic carbocycles. The molecule has 0 unspecified atom stereocenters. The van der Waals surface area contributed by atoms with Gasteiger partial charge in [-0.2, -0.15) is 0 Å². The van der Waals surface area contributed by atoms with Gasteiger partial charge in [-0.05, 0) is 42.3 Å². The molecule has 2 aromatic rings. The van der Waals surface area contributed by atoms with Gasteiger partial charge in [0, 0.05) is 17.8 Å². The van der Waals surface area contributed by atoms with E-state index in [4.69, 9.17) is 34.8 Å². The van der Waals surface area contributed by atoms with Gasteiger partial charge in [-0.1, -0.05) is 49.4 Å². The second kappa shape index (κ2) is 8.56. The average Bonchev–Trinajstić information content (AvgIpc) is 2.50. The summed E-state index contributed by atoms with van der Waals surface area (Å²) in [5.74, 6) is 0.723. The molecule has 0 spiro atoms. The average molecular weight is 359 g/mol. The number of anilines is 2. The van der Waals surface area contributed by atoms with E-state index in [-0.39, 0.29) is 5.28 Å². The topological polar surface area (TPSA) is 29.0 Å². The monoisotopic (exact) mass is 357 g/mol. The Labute approximate surface area is 146 Å². The number of rotatable bonds is 7. The third kappa shape index (κ3) is 4.73. The molecule has 118 valence electrons. The minimum Gasteiger partial charge on any atom is -0.325 e. The highest BCUT2D eigenvalue weighted by atomic mass is 35.5. The molecule has 0 radical (unpaired) electrons. The van der Waals surface area contributed by atoms with Crippen LogP contribution in [0.4, 0.5) is 11.5 Å². The summed E-state index contributed by atoms with van der Waals surface area (Å²) in [6, 6.07) is 7.24. The van der Waals surface area contributed by atoms with Crippen LogP contribution in [0.15, 0.2) is 30.5 Å². The van der Waals surface area contributed by atoms with E-state index in [0.29, 0.717) is 10.0 Å². The molecule has 0 N–H and O–H groups in total. The molecule has 3 nitrogen and oxygen atoms in total. The molecule has 0 saturated carbocycles. The summed E-state index contributed by atoms with van der Waals surface area (Å²) < 4.78 is 0. The Morgan fingerprint density at radius 2 is 1.86 bits per heavy atom. The summed E-state index contributed by atoms with van der Waals surface area (Å²) in [5.41, 5.74) is 0.834. The van der Waals surface area contributed by atoms with Crippen LogP contribution in [-0.4, -0.2) is 16.5 Å². The van der Waals surface area contributed by atoms with Crippen molar-refractivity contribution in [1.82, 2.24) is 9.97 Å². The molecule has 6 heteroatoms. The van der Waals surface area contributed by atoms with Crippen molar-refractivity contribution in [2.75, 3.05) is 11.4 Å². The fourth-order valence-electron chi connectivity index (χ4n) is 2.22. The third-order valence-corrected chi connectivity index (χ3v) is 4.06. The Bertz CT molecular complexity index is 619. The molecule has 2 rings (SSSR count). The largest absolute Gasteiger partial charge is 0.325 e.